The Kier molecular flexibility index (Phi) is 5.46. The Labute approximate surface area is 203 Å². The van der Waals surface area contributed by atoms with E-state index < -0.39 is 0 Å². The predicted octanol–water partition coefficient (Wildman–Crippen LogP) is 3.51. The average Bonchev–Trinajstić information content (AvgIpc) is 3.34. The highest BCUT2D eigenvalue weighted by Gasteiger charge is 2.20. The van der Waals surface area contributed by atoms with Gasteiger partial charge in [-0.15, -0.1) is 0 Å². The van der Waals surface area contributed by atoms with E-state index >= 15 is 0 Å². The third-order valence-electron chi connectivity index (χ3n) is 6.61. The first-order chi connectivity index (χ1) is 17.1. The maximum atomic E-state index is 4.96. The van der Waals surface area contributed by atoms with Crippen LogP contribution in [0.4, 0.5) is 17.3 Å². The molecule has 0 bridgehead atoms. The molecule has 0 radical (unpaired) electrons. The van der Waals surface area contributed by atoms with Gasteiger partial charge >= 0.3 is 0 Å². The van der Waals surface area contributed by atoms with Crippen molar-refractivity contribution in [3.63, 3.8) is 0 Å². The van der Waals surface area contributed by atoms with Crippen molar-refractivity contribution < 1.29 is 0 Å². The van der Waals surface area contributed by atoms with Gasteiger partial charge in [-0.3, -0.25) is 0 Å². The number of hydrogen-bond acceptors (Lipinski definition) is 8. The van der Waals surface area contributed by atoms with Crippen LogP contribution in [0, 0.1) is 6.92 Å². The minimum atomic E-state index is 0.385. The van der Waals surface area contributed by atoms with Crippen LogP contribution in [0.15, 0.2) is 61.3 Å². The molecular formula is C26H27N9. The molecule has 9 heteroatoms. The van der Waals surface area contributed by atoms with E-state index in [0.29, 0.717) is 11.9 Å². The van der Waals surface area contributed by atoms with E-state index in [4.69, 9.17) is 4.98 Å². The summed E-state index contributed by atoms with van der Waals surface area (Å²) >= 11 is 0. The normalized spacial score (nSPS) is 16.2. The number of pyridine rings is 2. The van der Waals surface area contributed by atoms with Gasteiger partial charge in [0.25, 0.3) is 0 Å². The van der Waals surface area contributed by atoms with Crippen molar-refractivity contribution in [2.24, 2.45) is 0 Å². The van der Waals surface area contributed by atoms with Crippen molar-refractivity contribution in [2.75, 3.05) is 29.9 Å². The van der Waals surface area contributed by atoms with Gasteiger partial charge in [0.15, 0.2) is 11.5 Å². The maximum absolute atomic E-state index is 4.96. The Bertz CT molecular complexity index is 1510. The topological polar surface area (TPSA) is 96.2 Å². The van der Waals surface area contributed by atoms with E-state index in [9.17, 15) is 0 Å². The number of hydrogen-bond donors (Lipinski definition) is 2. The lowest BCUT2D eigenvalue weighted by atomic mass is 10.0. The number of anilines is 3. The fourth-order valence-corrected chi connectivity index (χ4v) is 4.66. The molecule has 1 atom stereocenters. The second-order valence-corrected chi connectivity index (χ2v) is 9.05. The summed E-state index contributed by atoms with van der Waals surface area (Å²) in [6.07, 6.45) is 5.94. The quantitative estimate of drug-likeness (QED) is 0.407. The summed E-state index contributed by atoms with van der Waals surface area (Å²) in [6.45, 7) is 7.19. The van der Waals surface area contributed by atoms with E-state index in [0.717, 1.165) is 54.2 Å². The van der Waals surface area contributed by atoms with Crippen molar-refractivity contribution in [2.45, 2.75) is 26.3 Å². The fraction of sp³-hybridized carbons (Fsp3) is 0.269. The lowest BCUT2D eigenvalue weighted by Gasteiger charge is -2.35. The monoisotopic (exact) mass is 465 g/mol. The van der Waals surface area contributed by atoms with Crippen LogP contribution in [0.25, 0.3) is 16.7 Å². The van der Waals surface area contributed by atoms with Crippen LogP contribution >= 0.6 is 0 Å². The molecule has 1 aromatic carbocycles. The molecule has 1 aliphatic heterocycles. The van der Waals surface area contributed by atoms with Gasteiger partial charge in [0.2, 0.25) is 0 Å². The predicted molar refractivity (Wildman–Crippen MR) is 137 cm³/mol. The Morgan fingerprint density at radius 3 is 2.89 bits per heavy atom. The summed E-state index contributed by atoms with van der Waals surface area (Å²) in [7, 11) is 0. The first-order valence-electron chi connectivity index (χ1n) is 11.9. The zero-order chi connectivity index (χ0) is 23.8. The molecule has 0 saturated carbocycles. The largest absolute Gasteiger partial charge is 0.351 e. The van der Waals surface area contributed by atoms with Gasteiger partial charge in [-0.2, -0.15) is 5.10 Å². The molecule has 2 N–H and O–H groups in total. The van der Waals surface area contributed by atoms with Crippen molar-refractivity contribution in [3.05, 3.63) is 78.0 Å². The Morgan fingerprint density at radius 2 is 2.00 bits per heavy atom. The van der Waals surface area contributed by atoms with Gasteiger partial charge in [-0.1, -0.05) is 6.07 Å². The molecule has 5 heterocycles. The van der Waals surface area contributed by atoms with Gasteiger partial charge in [0.05, 0.1) is 5.52 Å². The van der Waals surface area contributed by atoms with Crippen LogP contribution in [-0.4, -0.2) is 55.2 Å². The number of nitrogens with zero attached hydrogens (tertiary/aromatic N) is 7. The minimum Gasteiger partial charge on any atom is -0.351 e. The van der Waals surface area contributed by atoms with Crippen LogP contribution in [0.2, 0.25) is 0 Å². The van der Waals surface area contributed by atoms with E-state index in [1.807, 2.05) is 12.3 Å². The molecular weight excluding hydrogens is 438 g/mol. The number of fused-ring (bicyclic) bond motifs is 2. The van der Waals surface area contributed by atoms with Crippen LogP contribution in [-0.2, 0) is 6.42 Å². The number of aromatic nitrogens is 6. The van der Waals surface area contributed by atoms with Gasteiger partial charge in [0, 0.05) is 37.6 Å². The summed E-state index contributed by atoms with van der Waals surface area (Å²) in [5.74, 6) is 1.67. The number of aryl methyl sites for hydroxylation is 1. The van der Waals surface area contributed by atoms with Crippen molar-refractivity contribution in [3.8, 4) is 0 Å². The van der Waals surface area contributed by atoms with Gasteiger partial charge in [-0.25, -0.2) is 24.5 Å². The number of benzene rings is 1. The summed E-state index contributed by atoms with van der Waals surface area (Å²) in [5.41, 5.74) is 7.11. The third-order valence-corrected chi connectivity index (χ3v) is 6.61. The lowest BCUT2D eigenvalue weighted by molar-refractivity contribution is 0.497. The molecule has 0 spiro atoms. The Hall–Kier alpha value is -4.11. The zero-order valence-corrected chi connectivity index (χ0v) is 19.8. The molecule has 9 nitrogen and oxygen atoms in total. The molecule has 1 aliphatic rings. The van der Waals surface area contributed by atoms with Gasteiger partial charge in [-0.05, 0) is 73.4 Å². The molecule has 5 aromatic rings. The molecule has 6 rings (SSSR count). The number of piperazine rings is 1. The number of rotatable bonds is 5. The van der Waals surface area contributed by atoms with Crippen molar-refractivity contribution >= 4 is 34.0 Å². The second-order valence-electron chi connectivity index (χ2n) is 9.05. The van der Waals surface area contributed by atoms with E-state index in [2.05, 4.69) is 85.8 Å². The molecule has 1 unspecified atom stereocenters. The van der Waals surface area contributed by atoms with E-state index in [1.165, 1.54) is 16.7 Å². The van der Waals surface area contributed by atoms with Crippen LogP contribution in [0.3, 0.4) is 0 Å². The SMILES string of the molecule is Cc1cc(Nc2ncnc3ccc(N4CCNCC4C)nc23)ccc1Cc1ccn2ncnc2c1. The molecule has 0 aliphatic carbocycles. The fourth-order valence-electron chi connectivity index (χ4n) is 4.66. The van der Waals surface area contributed by atoms with Crippen molar-refractivity contribution in [1.82, 2.24) is 34.9 Å². The van der Waals surface area contributed by atoms with E-state index in [1.54, 1.807) is 17.2 Å². The third kappa shape index (κ3) is 4.26. The molecule has 1 fully saturated rings. The molecule has 4 aromatic heterocycles. The standard InChI is InChI=1S/C26H27N9/c1-17-11-21(4-3-20(17)12-19-7-9-35-24(13-19)29-16-31-35)32-26-25-22(28-15-30-26)5-6-23(33-25)34-10-8-27-14-18(34)2/h3-7,9,11,13,15-16,18,27H,8,10,12,14H2,1-2H3,(H,28,30,32). The molecule has 176 valence electrons. The van der Waals surface area contributed by atoms with Gasteiger partial charge in [0.1, 0.15) is 24.0 Å². The Morgan fingerprint density at radius 1 is 1.06 bits per heavy atom. The smallest absolute Gasteiger partial charge is 0.160 e. The molecule has 0 amide bonds. The van der Waals surface area contributed by atoms with E-state index in [-0.39, 0.29) is 0 Å². The number of nitrogens with one attached hydrogen (secondary N) is 2. The molecule has 1 saturated heterocycles. The lowest BCUT2D eigenvalue weighted by Crippen LogP contribution is -2.50. The summed E-state index contributed by atoms with van der Waals surface area (Å²) in [5, 5.41) is 11.1. The zero-order valence-electron chi connectivity index (χ0n) is 19.8. The average molecular weight is 466 g/mol. The first kappa shape index (κ1) is 21.4. The van der Waals surface area contributed by atoms with Crippen molar-refractivity contribution in [1.29, 1.82) is 0 Å². The summed E-state index contributed by atoms with van der Waals surface area (Å²) < 4.78 is 1.78. The van der Waals surface area contributed by atoms with Crippen LogP contribution in [0.5, 0.6) is 0 Å². The van der Waals surface area contributed by atoms with Crippen LogP contribution in [0.1, 0.15) is 23.6 Å². The second kappa shape index (κ2) is 8.92. The molecule has 35 heavy (non-hydrogen) atoms. The van der Waals surface area contributed by atoms with Gasteiger partial charge < -0.3 is 15.5 Å². The maximum Gasteiger partial charge on any atom is 0.160 e. The summed E-state index contributed by atoms with van der Waals surface area (Å²) in [4.78, 5) is 20.5. The first-order valence-corrected chi connectivity index (χ1v) is 11.9. The highest BCUT2D eigenvalue weighted by molar-refractivity contribution is 5.88. The van der Waals surface area contributed by atoms with Crippen LogP contribution < -0.4 is 15.5 Å². The highest BCUT2D eigenvalue weighted by Crippen LogP contribution is 2.27. The summed E-state index contributed by atoms with van der Waals surface area (Å²) in [6, 6.07) is 15.0. The Balaban J connectivity index is 1.26. The highest BCUT2D eigenvalue weighted by atomic mass is 15.3. The minimum absolute atomic E-state index is 0.385.